The number of aryl methyl sites for hydroxylation is 1. The Morgan fingerprint density at radius 3 is 2.88 bits per heavy atom. The van der Waals surface area contributed by atoms with E-state index in [0.717, 1.165) is 13.2 Å². The van der Waals surface area contributed by atoms with E-state index in [1.165, 1.54) is 24.0 Å². The first-order valence-electron chi connectivity index (χ1n) is 6.23. The first-order chi connectivity index (χ1) is 7.83. The van der Waals surface area contributed by atoms with Crippen LogP contribution in [0.2, 0.25) is 0 Å². The molecule has 0 amide bonds. The van der Waals surface area contributed by atoms with Gasteiger partial charge in [-0.15, -0.1) is 0 Å². The van der Waals surface area contributed by atoms with Gasteiger partial charge in [-0.3, -0.25) is 0 Å². The number of likely N-dealkylation sites (N-methyl/N-ethyl adjacent to an activating group) is 1. The van der Waals surface area contributed by atoms with Gasteiger partial charge in [0.25, 0.3) is 0 Å². The maximum Gasteiger partial charge on any atom is 0.0770 e. The highest BCUT2D eigenvalue weighted by Crippen LogP contribution is 2.28. The summed E-state index contributed by atoms with van der Waals surface area (Å²) < 4.78 is 5.81. The molecule has 0 spiro atoms. The summed E-state index contributed by atoms with van der Waals surface area (Å²) in [7, 11) is 0. The Balaban J connectivity index is 2.21. The molecule has 88 valence electrons. The summed E-state index contributed by atoms with van der Waals surface area (Å²) in [6.45, 7) is 6.23. The van der Waals surface area contributed by atoms with Crippen molar-refractivity contribution in [1.29, 1.82) is 0 Å². The SMILES string of the molecule is CCNC(c1ccccc1C)C1CCCO1. The molecule has 1 heterocycles. The van der Waals surface area contributed by atoms with E-state index < -0.39 is 0 Å². The van der Waals surface area contributed by atoms with Crippen LogP contribution in [0.5, 0.6) is 0 Å². The van der Waals surface area contributed by atoms with E-state index in [0.29, 0.717) is 12.1 Å². The average molecular weight is 219 g/mol. The van der Waals surface area contributed by atoms with Crippen LogP contribution in [0.25, 0.3) is 0 Å². The molecule has 2 unspecified atom stereocenters. The first kappa shape index (κ1) is 11.6. The van der Waals surface area contributed by atoms with E-state index in [9.17, 15) is 0 Å². The highest BCUT2D eigenvalue weighted by molar-refractivity contribution is 5.29. The second-order valence-corrected chi connectivity index (χ2v) is 4.44. The number of hydrogen-bond acceptors (Lipinski definition) is 2. The molecule has 1 aromatic carbocycles. The third kappa shape index (κ3) is 2.45. The van der Waals surface area contributed by atoms with Crippen LogP contribution in [0, 0.1) is 6.92 Å². The summed E-state index contributed by atoms with van der Waals surface area (Å²) in [5.74, 6) is 0. The number of ether oxygens (including phenoxy) is 1. The quantitative estimate of drug-likeness (QED) is 0.840. The minimum Gasteiger partial charge on any atom is -0.376 e. The largest absolute Gasteiger partial charge is 0.376 e. The molecule has 2 nitrogen and oxygen atoms in total. The molecule has 0 aliphatic carbocycles. The van der Waals surface area contributed by atoms with Gasteiger partial charge in [-0.25, -0.2) is 0 Å². The van der Waals surface area contributed by atoms with Crippen molar-refractivity contribution in [2.45, 2.75) is 38.8 Å². The maximum atomic E-state index is 5.81. The Morgan fingerprint density at radius 1 is 1.44 bits per heavy atom. The van der Waals surface area contributed by atoms with Gasteiger partial charge in [-0.2, -0.15) is 0 Å². The van der Waals surface area contributed by atoms with Gasteiger partial charge in [0.2, 0.25) is 0 Å². The predicted molar refractivity (Wildman–Crippen MR) is 66.6 cm³/mol. The van der Waals surface area contributed by atoms with Gasteiger partial charge >= 0.3 is 0 Å². The van der Waals surface area contributed by atoms with E-state index in [4.69, 9.17) is 4.74 Å². The molecule has 1 aliphatic rings. The molecule has 0 bridgehead atoms. The lowest BCUT2D eigenvalue weighted by atomic mass is 9.95. The third-order valence-corrected chi connectivity index (χ3v) is 3.28. The van der Waals surface area contributed by atoms with Gasteiger partial charge in [-0.1, -0.05) is 31.2 Å². The molecule has 1 fully saturated rings. The minimum absolute atomic E-state index is 0.348. The lowest BCUT2D eigenvalue weighted by Gasteiger charge is -2.25. The molecule has 1 N–H and O–H groups in total. The van der Waals surface area contributed by atoms with Crippen LogP contribution < -0.4 is 5.32 Å². The molecule has 0 radical (unpaired) electrons. The lowest BCUT2D eigenvalue weighted by Crippen LogP contribution is -2.32. The molecule has 1 aromatic rings. The Bertz CT molecular complexity index is 331. The van der Waals surface area contributed by atoms with Crippen LogP contribution in [0.3, 0.4) is 0 Å². The van der Waals surface area contributed by atoms with Crippen molar-refractivity contribution in [2.75, 3.05) is 13.2 Å². The van der Waals surface area contributed by atoms with Gasteiger partial charge in [0.05, 0.1) is 12.1 Å². The highest BCUT2D eigenvalue weighted by Gasteiger charge is 2.27. The molecule has 1 saturated heterocycles. The van der Waals surface area contributed by atoms with Gasteiger partial charge < -0.3 is 10.1 Å². The minimum atomic E-state index is 0.348. The van der Waals surface area contributed by atoms with E-state index >= 15 is 0 Å². The Morgan fingerprint density at radius 2 is 2.25 bits per heavy atom. The molecule has 1 aliphatic heterocycles. The van der Waals surface area contributed by atoms with Gasteiger partial charge in [0.1, 0.15) is 0 Å². The van der Waals surface area contributed by atoms with Crippen LogP contribution in [-0.4, -0.2) is 19.3 Å². The zero-order chi connectivity index (χ0) is 11.4. The van der Waals surface area contributed by atoms with Gasteiger partial charge in [0, 0.05) is 6.61 Å². The second-order valence-electron chi connectivity index (χ2n) is 4.44. The number of rotatable bonds is 4. The van der Waals surface area contributed by atoms with Crippen LogP contribution in [0.1, 0.15) is 36.9 Å². The van der Waals surface area contributed by atoms with Crippen molar-refractivity contribution in [3.63, 3.8) is 0 Å². The Hall–Kier alpha value is -0.860. The van der Waals surface area contributed by atoms with E-state index in [2.05, 4.69) is 43.4 Å². The molecule has 0 aromatic heterocycles. The fourth-order valence-corrected chi connectivity index (χ4v) is 2.46. The van der Waals surface area contributed by atoms with Crippen LogP contribution >= 0.6 is 0 Å². The first-order valence-corrected chi connectivity index (χ1v) is 6.23. The van der Waals surface area contributed by atoms with Gasteiger partial charge in [-0.05, 0) is 37.4 Å². The zero-order valence-electron chi connectivity index (χ0n) is 10.2. The maximum absolute atomic E-state index is 5.81. The summed E-state index contributed by atoms with van der Waals surface area (Å²) in [4.78, 5) is 0. The van der Waals surface area contributed by atoms with E-state index in [1.807, 2.05) is 0 Å². The normalized spacial score (nSPS) is 22.2. The zero-order valence-corrected chi connectivity index (χ0v) is 10.2. The molecule has 0 saturated carbocycles. The van der Waals surface area contributed by atoms with Crippen LogP contribution in [-0.2, 0) is 4.74 Å². The fourth-order valence-electron chi connectivity index (χ4n) is 2.46. The number of nitrogens with one attached hydrogen (secondary N) is 1. The summed E-state index contributed by atoms with van der Waals surface area (Å²) in [6.07, 6.45) is 2.71. The molecular formula is C14H21NO. The third-order valence-electron chi connectivity index (χ3n) is 3.28. The number of hydrogen-bond donors (Lipinski definition) is 1. The molecule has 16 heavy (non-hydrogen) atoms. The summed E-state index contributed by atoms with van der Waals surface area (Å²) >= 11 is 0. The van der Waals surface area contributed by atoms with Crippen LogP contribution in [0.4, 0.5) is 0 Å². The van der Waals surface area contributed by atoms with Crippen molar-refractivity contribution in [3.05, 3.63) is 35.4 Å². The van der Waals surface area contributed by atoms with E-state index in [1.54, 1.807) is 0 Å². The summed E-state index contributed by atoms with van der Waals surface area (Å²) in [5, 5.41) is 3.56. The van der Waals surface area contributed by atoms with E-state index in [-0.39, 0.29) is 0 Å². The highest BCUT2D eigenvalue weighted by atomic mass is 16.5. The molecule has 2 atom stereocenters. The predicted octanol–water partition coefficient (Wildman–Crippen LogP) is 2.82. The average Bonchev–Trinajstić information content (AvgIpc) is 2.80. The van der Waals surface area contributed by atoms with Gasteiger partial charge in [0.15, 0.2) is 0 Å². The summed E-state index contributed by atoms with van der Waals surface area (Å²) in [5.41, 5.74) is 2.74. The lowest BCUT2D eigenvalue weighted by molar-refractivity contribution is 0.0786. The second kappa shape index (κ2) is 5.46. The van der Waals surface area contributed by atoms with Crippen molar-refractivity contribution in [2.24, 2.45) is 0 Å². The summed E-state index contributed by atoms with van der Waals surface area (Å²) in [6, 6.07) is 8.95. The smallest absolute Gasteiger partial charge is 0.0770 e. The standard InChI is InChI=1S/C14H21NO/c1-3-15-14(13-9-6-10-16-13)12-8-5-4-7-11(12)2/h4-5,7-8,13-15H,3,6,9-10H2,1-2H3. The molecular weight excluding hydrogens is 198 g/mol. The Kier molecular flexibility index (Phi) is 3.97. The Labute approximate surface area is 98.0 Å². The molecule has 2 rings (SSSR count). The van der Waals surface area contributed by atoms with Crippen molar-refractivity contribution >= 4 is 0 Å². The van der Waals surface area contributed by atoms with Crippen molar-refractivity contribution in [1.82, 2.24) is 5.32 Å². The van der Waals surface area contributed by atoms with Crippen molar-refractivity contribution in [3.8, 4) is 0 Å². The fraction of sp³-hybridized carbons (Fsp3) is 0.571. The van der Waals surface area contributed by atoms with Crippen LogP contribution in [0.15, 0.2) is 24.3 Å². The van der Waals surface area contributed by atoms with Crippen molar-refractivity contribution < 1.29 is 4.74 Å². The monoisotopic (exact) mass is 219 g/mol. The molecule has 2 heteroatoms. The topological polar surface area (TPSA) is 21.3 Å². The number of benzene rings is 1.